The van der Waals surface area contributed by atoms with Crippen LogP contribution >= 0.6 is 24.0 Å². The van der Waals surface area contributed by atoms with Crippen LogP contribution in [0.4, 0.5) is 0 Å². The number of rotatable bonds is 2. The lowest BCUT2D eigenvalue weighted by molar-refractivity contribution is 0.0408. The molecule has 0 bridgehead atoms. The van der Waals surface area contributed by atoms with Gasteiger partial charge in [0.25, 0.3) is 0 Å². The van der Waals surface area contributed by atoms with Crippen molar-refractivity contribution in [2.24, 2.45) is 0 Å². The molecule has 21 heavy (non-hydrogen) atoms. The Kier molecular flexibility index (Phi) is 354. The van der Waals surface area contributed by atoms with E-state index in [9.17, 15) is 0 Å². The molecule has 1 fully saturated rings. The Bertz CT molecular complexity index is 89.4. The molecule has 0 spiro atoms. The number of ether oxygens (including phenoxy) is 1. The molecule has 0 aromatic rings. The van der Waals surface area contributed by atoms with Crippen LogP contribution in [-0.2, 0) is 4.74 Å². The molecular formula is C6H46Cl2N12O. The first-order chi connectivity index (χ1) is 4.43. The molecule has 1 saturated heterocycles. The minimum Gasteiger partial charge on any atom is -0.379 e. The van der Waals surface area contributed by atoms with Gasteiger partial charge in [0, 0.05) is 25.5 Å². The summed E-state index contributed by atoms with van der Waals surface area (Å²) in [6.45, 7) is 4.85. The smallest absolute Gasteiger partial charge is 0.0594 e. The molecule has 0 radical (unpaired) electrons. The van der Waals surface area contributed by atoms with Gasteiger partial charge in [0.15, 0.2) is 0 Å². The molecule has 1 rings (SSSR count). The van der Waals surface area contributed by atoms with Crippen LogP contribution in [0.15, 0.2) is 0 Å². The first-order valence-corrected chi connectivity index (χ1v) is 3.83. The van der Waals surface area contributed by atoms with Crippen LogP contribution in [0.1, 0.15) is 0 Å². The van der Waals surface area contributed by atoms with Gasteiger partial charge >= 0.3 is 0 Å². The molecule has 150 valence electrons. The minimum atomic E-state index is 0. The molecule has 13 nitrogen and oxygen atoms in total. The number of hydrogen-bond donors (Lipinski definition) is 11. The topological polar surface area (TPSA) is 397 Å². The Morgan fingerprint density at radius 1 is 0.667 bits per heavy atom. The largest absolute Gasteiger partial charge is 0.379 e. The van der Waals surface area contributed by atoms with E-state index in [4.69, 9.17) is 16.3 Å². The lowest BCUT2D eigenvalue weighted by Crippen LogP contribution is -2.37. The van der Waals surface area contributed by atoms with Crippen molar-refractivity contribution in [2.45, 2.75) is 0 Å². The van der Waals surface area contributed by atoms with Crippen molar-refractivity contribution >= 4 is 24.0 Å². The van der Waals surface area contributed by atoms with Gasteiger partial charge in [0.2, 0.25) is 0 Å². The van der Waals surface area contributed by atoms with Crippen LogP contribution in [-0.4, -0.2) is 43.6 Å². The molecule has 0 unspecified atom stereocenters. The standard InChI is InChI=1S/C6H12ClNO.ClH.11H3N/c7-1-2-8-3-5-9-6-4-8;;;;;;;;;;;;/h1-6H2;1H;11*1H3. The van der Waals surface area contributed by atoms with Gasteiger partial charge in [-0.3, -0.25) is 4.90 Å². The molecule has 1 aliphatic heterocycles. The quantitative estimate of drug-likeness (QED) is 0.310. The summed E-state index contributed by atoms with van der Waals surface area (Å²) in [5.74, 6) is 0.736. The van der Waals surface area contributed by atoms with Gasteiger partial charge in [-0.1, -0.05) is 0 Å². The fourth-order valence-corrected chi connectivity index (χ4v) is 1.18. The van der Waals surface area contributed by atoms with E-state index in [-0.39, 0.29) is 80.1 Å². The van der Waals surface area contributed by atoms with Crippen molar-refractivity contribution < 1.29 is 4.74 Å². The van der Waals surface area contributed by atoms with Crippen LogP contribution in [0, 0.1) is 0 Å². The summed E-state index contributed by atoms with van der Waals surface area (Å²) in [5, 5.41) is 0. The van der Waals surface area contributed by atoms with E-state index in [0.717, 1.165) is 38.7 Å². The lowest BCUT2D eigenvalue weighted by Gasteiger charge is -2.25. The molecule has 0 aliphatic carbocycles. The molecule has 0 atom stereocenters. The van der Waals surface area contributed by atoms with Crippen molar-refractivity contribution in [3.63, 3.8) is 0 Å². The molecule has 0 amide bonds. The van der Waals surface area contributed by atoms with Crippen molar-refractivity contribution in [1.29, 1.82) is 0 Å². The van der Waals surface area contributed by atoms with E-state index in [1.165, 1.54) is 0 Å². The van der Waals surface area contributed by atoms with E-state index in [2.05, 4.69) is 4.90 Å². The average Bonchev–Trinajstić information content (AvgIpc) is 1.91. The summed E-state index contributed by atoms with van der Waals surface area (Å²) in [6, 6.07) is 0. The molecule has 0 saturated carbocycles. The summed E-state index contributed by atoms with van der Waals surface area (Å²) in [5.41, 5.74) is 0. The maximum atomic E-state index is 5.55. The molecule has 1 aliphatic rings. The number of nitrogens with zero attached hydrogens (tertiary/aromatic N) is 1. The van der Waals surface area contributed by atoms with Gasteiger partial charge in [-0.15, -0.1) is 24.0 Å². The highest BCUT2D eigenvalue weighted by molar-refractivity contribution is 6.18. The second-order valence-electron chi connectivity index (χ2n) is 2.14. The minimum absolute atomic E-state index is 0. The lowest BCUT2D eigenvalue weighted by atomic mass is 10.4. The van der Waals surface area contributed by atoms with Crippen LogP contribution in [0.3, 0.4) is 0 Å². The van der Waals surface area contributed by atoms with Crippen molar-refractivity contribution in [1.82, 2.24) is 72.6 Å². The summed E-state index contributed by atoms with van der Waals surface area (Å²) in [7, 11) is 0. The van der Waals surface area contributed by atoms with Crippen molar-refractivity contribution in [3.05, 3.63) is 0 Å². The fraction of sp³-hybridized carbons (Fsp3) is 1.00. The maximum absolute atomic E-state index is 5.55. The third-order valence-corrected chi connectivity index (χ3v) is 1.67. The van der Waals surface area contributed by atoms with Crippen molar-refractivity contribution in [2.75, 3.05) is 38.7 Å². The Morgan fingerprint density at radius 3 is 1.19 bits per heavy atom. The van der Waals surface area contributed by atoms with Gasteiger partial charge in [0.05, 0.1) is 13.2 Å². The van der Waals surface area contributed by atoms with Crippen LogP contribution in [0.25, 0.3) is 0 Å². The predicted octanol–water partition coefficient (Wildman–Crippen LogP) is 2.76. The fourth-order valence-electron chi connectivity index (χ4n) is 0.944. The van der Waals surface area contributed by atoms with Crippen molar-refractivity contribution in [3.8, 4) is 0 Å². The highest BCUT2D eigenvalue weighted by Gasteiger charge is 2.07. The van der Waals surface area contributed by atoms with E-state index < -0.39 is 0 Å². The summed E-state index contributed by atoms with van der Waals surface area (Å²) in [4.78, 5) is 2.32. The second kappa shape index (κ2) is 72.0. The van der Waals surface area contributed by atoms with Crippen LogP contribution in [0.2, 0.25) is 0 Å². The number of hydrogen-bond acceptors (Lipinski definition) is 13. The normalized spacial score (nSPS) is 9.57. The SMILES string of the molecule is Cl.ClCCN1CCOCC1.N.N.N.N.N.N.N.N.N.N.N. The van der Waals surface area contributed by atoms with E-state index in [1.54, 1.807) is 0 Å². The zero-order valence-electron chi connectivity index (χ0n) is 13.7. The number of alkyl halides is 1. The van der Waals surface area contributed by atoms with Gasteiger partial charge < -0.3 is 72.4 Å². The zero-order valence-corrected chi connectivity index (χ0v) is 15.2. The molecule has 0 aromatic carbocycles. The first-order valence-electron chi connectivity index (χ1n) is 3.29. The summed E-state index contributed by atoms with van der Waals surface area (Å²) < 4.78 is 5.16. The van der Waals surface area contributed by atoms with Crippen LogP contribution < -0.4 is 67.7 Å². The Balaban J connectivity index is -0.00000000675. The number of halogens is 2. The third kappa shape index (κ3) is 53.5. The zero-order chi connectivity index (χ0) is 6.53. The predicted molar refractivity (Wildman–Crippen MR) is 100 cm³/mol. The number of morpholine rings is 1. The van der Waals surface area contributed by atoms with Gasteiger partial charge in [-0.05, 0) is 0 Å². The van der Waals surface area contributed by atoms with Crippen LogP contribution in [0.5, 0.6) is 0 Å². The van der Waals surface area contributed by atoms with E-state index in [0.29, 0.717) is 0 Å². The molecular weight excluding hydrogens is 327 g/mol. The monoisotopic (exact) mass is 372 g/mol. The Hall–Kier alpha value is 0.0600. The molecule has 15 heteroatoms. The molecule has 1 heterocycles. The van der Waals surface area contributed by atoms with E-state index in [1.807, 2.05) is 0 Å². The first kappa shape index (κ1) is 103. The Labute approximate surface area is 140 Å². The van der Waals surface area contributed by atoms with E-state index >= 15 is 0 Å². The van der Waals surface area contributed by atoms with Gasteiger partial charge in [0.1, 0.15) is 0 Å². The average molecular weight is 373 g/mol. The summed E-state index contributed by atoms with van der Waals surface area (Å²) >= 11 is 5.55. The highest BCUT2D eigenvalue weighted by Crippen LogP contribution is 1.95. The maximum Gasteiger partial charge on any atom is 0.0594 e. The van der Waals surface area contributed by atoms with Gasteiger partial charge in [-0.25, -0.2) is 0 Å². The molecule has 33 N–H and O–H groups in total. The summed E-state index contributed by atoms with van der Waals surface area (Å²) in [6.07, 6.45) is 0. The van der Waals surface area contributed by atoms with Gasteiger partial charge in [-0.2, -0.15) is 0 Å². The Morgan fingerprint density at radius 2 is 0.952 bits per heavy atom. The third-order valence-electron chi connectivity index (χ3n) is 1.50. The second-order valence-corrected chi connectivity index (χ2v) is 2.52. The molecule has 0 aromatic heterocycles. The highest BCUT2D eigenvalue weighted by atomic mass is 35.5.